The first-order valence-corrected chi connectivity index (χ1v) is 10.8. The predicted octanol–water partition coefficient (Wildman–Crippen LogP) is 4.21. The summed E-state index contributed by atoms with van der Waals surface area (Å²) in [5.41, 5.74) is 0.835. The van der Waals surface area contributed by atoms with E-state index in [-0.39, 0.29) is 17.7 Å². The highest BCUT2D eigenvalue weighted by molar-refractivity contribution is 5.79. The van der Waals surface area contributed by atoms with Crippen molar-refractivity contribution in [2.75, 3.05) is 33.2 Å². The van der Waals surface area contributed by atoms with E-state index >= 15 is 0 Å². The standard InChI is InChI=1S/C23H27F3N4O/c1-29-10-7-16(8-11-29)22(31)30-9-3-5-18(15-30)21-14-27-13-20(28-21)17-4-2-6-19(12-17)23(24,25)26/h2,4,6,12-14,16,18H,3,5,7-11,15H2,1H3/t18-/m1/s1. The fourth-order valence-corrected chi connectivity index (χ4v) is 4.50. The Balaban J connectivity index is 1.49. The molecule has 1 amide bonds. The number of nitrogens with zero attached hydrogens (tertiary/aromatic N) is 4. The van der Waals surface area contributed by atoms with Crippen LogP contribution in [-0.4, -0.2) is 58.9 Å². The van der Waals surface area contributed by atoms with E-state index in [2.05, 4.69) is 21.9 Å². The molecular formula is C23H27F3N4O. The monoisotopic (exact) mass is 432 g/mol. The molecule has 3 heterocycles. The molecule has 0 radical (unpaired) electrons. The van der Waals surface area contributed by atoms with E-state index in [0.29, 0.717) is 17.8 Å². The van der Waals surface area contributed by atoms with E-state index in [1.54, 1.807) is 12.3 Å². The van der Waals surface area contributed by atoms with Crippen LogP contribution in [0, 0.1) is 5.92 Å². The summed E-state index contributed by atoms with van der Waals surface area (Å²) in [6.45, 7) is 3.23. The summed E-state index contributed by atoms with van der Waals surface area (Å²) in [5, 5.41) is 0. The highest BCUT2D eigenvalue weighted by Crippen LogP contribution is 2.33. The molecule has 0 aliphatic carbocycles. The lowest BCUT2D eigenvalue weighted by Crippen LogP contribution is -2.45. The molecule has 1 aromatic heterocycles. The maximum atomic E-state index is 13.1. The largest absolute Gasteiger partial charge is 0.416 e. The number of hydrogen-bond acceptors (Lipinski definition) is 4. The summed E-state index contributed by atoms with van der Waals surface area (Å²) < 4.78 is 39.2. The van der Waals surface area contributed by atoms with Crippen LogP contribution in [0.1, 0.15) is 42.9 Å². The van der Waals surface area contributed by atoms with Crippen molar-refractivity contribution in [2.45, 2.75) is 37.8 Å². The quantitative estimate of drug-likeness (QED) is 0.729. The minimum Gasteiger partial charge on any atom is -0.342 e. The third kappa shape index (κ3) is 5.06. The van der Waals surface area contributed by atoms with Gasteiger partial charge >= 0.3 is 6.18 Å². The molecule has 0 bridgehead atoms. The summed E-state index contributed by atoms with van der Waals surface area (Å²) in [6, 6.07) is 5.15. The minimum atomic E-state index is -4.40. The van der Waals surface area contributed by atoms with E-state index in [1.807, 2.05) is 4.90 Å². The van der Waals surface area contributed by atoms with E-state index < -0.39 is 11.7 Å². The number of benzene rings is 1. The smallest absolute Gasteiger partial charge is 0.342 e. The van der Waals surface area contributed by atoms with Gasteiger partial charge in [-0.15, -0.1) is 0 Å². The summed E-state index contributed by atoms with van der Waals surface area (Å²) in [6.07, 6.45) is 2.31. The van der Waals surface area contributed by atoms with Gasteiger partial charge in [-0.05, 0) is 58.0 Å². The van der Waals surface area contributed by atoms with Crippen LogP contribution < -0.4 is 0 Å². The van der Waals surface area contributed by atoms with Crippen LogP contribution in [0.2, 0.25) is 0 Å². The highest BCUT2D eigenvalue weighted by atomic mass is 19.4. The maximum Gasteiger partial charge on any atom is 0.416 e. The zero-order chi connectivity index (χ0) is 22.0. The van der Waals surface area contributed by atoms with Gasteiger partial charge in [-0.1, -0.05) is 12.1 Å². The molecule has 0 N–H and O–H groups in total. The van der Waals surface area contributed by atoms with Gasteiger partial charge in [-0.3, -0.25) is 9.78 Å². The van der Waals surface area contributed by atoms with Crippen molar-refractivity contribution in [3.05, 3.63) is 47.9 Å². The van der Waals surface area contributed by atoms with Crippen LogP contribution in [0.5, 0.6) is 0 Å². The highest BCUT2D eigenvalue weighted by Gasteiger charge is 2.32. The topological polar surface area (TPSA) is 49.3 Å². The molecule has 0 unspecified atom stereocenters. The van der Waals surface area contributed by atoms with Gasteiger partial charge in [-0.25, -0.2) is 4.98 Å². The summed E-state index contributed by atoms with van der Waals surface area (Å²) in [5.74, 6) is 0.347. The van der Waals surface area contributed by atoms with Gasteiger partial charge in [0.15, 0.2) is 0 Å². The van der Waals surface area contributed by atoms with Gasteiger partial charge < -0.3 is 9.80 Å². The third-order valence-electron chi connectivity index (χ3n) is 6.36. The molecule has 2 fully saturated rings. The molecule has 8 heteroatoms. The molecule has 166 valence electrons. The first-order chi connectivity index (χ1) is 14.8. The van der Waals surface area contributed by atoms with Crippen molar-refractivity contribution in [3.63, 3.8) is 0 Å². The van der Waals surface area contributed by atoms with Crippen molar-refractivity contribution in [3.8, 4) is 11.3 Å². The first-order valence-electron chi connectivity index (χ1n) is 10.8. The number of carbonyl (C=O) groups is 1. The summed E-state index contributed by atoms with van der Waals surface area (Å²) >= 11 is 0. The Labute approximate surface area is 180 Å². The zero-order valence-corrected chi connectivity index (χ0v) is 17.6. The number of halogens is 3. The fourth-order valence-electron chi connectivity index (χ4n) is 4.50. The number of piperidine rings is 2. The predicted molar refractivity (Wildman–Crippen MR) is 111 cm³/mol. The van der Waals surface area contributed by atoms with Crippen LogP contribution in [0.3, 0.4) is 0 Å². The van der Waals surface area contributed by atoms with Crippen LogP contribution >= 0.6 is 0 Å². The molecule has 5 nitrogen and oxygen atoms in total. The second-order valence-corrected chi connectivity index (χ2v) is 8.61. The van der Waals surface area contributed by atoms with E-state index in [0.717, 1.165) is 63.1 Å². The Bertz CT molecular complexity index is 925. The van der Waals surface area contributed by atoms with E-state index in [1.165, 1.54) is 12.3 Å². The van der Waals surface area contributed by atoms with Gasteiger partial charge in [0.1, 0.15) is 0 Å². The van der Waals surface area contributed by atoms with E-state index in [4.69, 9.17) is 0 Å². The van der Waals surface area contributed by atoms with Crippen molar-refractivity contribution in [1.82, 2.24) is 19.8 Å². The molecule has 1 aromatic carbocycles. The maximum absolute atomic E-state index is 13.1. The van der Waals surface area contributed by atoms with Crippen LogP contribution in [-0.2, 0) is 11.0 Å². The summed E-state index contributed by atoms with van der Waals surface area (Å²) in [4.78, 5) is 26.1. The first kappa shape index (κ1) is 21.7. The van der Waals surface area contributed by atoms with Crippen LogP contribution in [0.4, 0.5) is 13.2 Å². The average molecular weight is 432 g/mol. The molecule has 2 aliphatic rings. The lowest BCUT2D eigenvalue weighted by Gasteiger charge is -2.37. The molecular weight excluding hydrogens is 405 g/mol. The molecule has 1 atom stereocenters. The lowest BCUT2D eigenvalue weighted by molar-refractivity contribution is -0.138. The average Bonchev–Trinajstić information content (AvgIpc) is 2.79. The molecule has 2 aliphatic heterocycles. The lowest BCUT2D eigenvalue weighted by atomic mass is 9.91. The van der Waals surface area contributed by atoms with Crippen LogP contribution in [0.15, 0.2) is 36.7 Å². The van der Waals surface area contributed by atoms with Gasteiger partial charge in [0.05, 0.1) is 23.1 Å². The molecule has 0 saturated carbocycles. The SMILES string of the molecule is CN1CCC(C(=O)N2CCC[C@@H](c3cncc(-c4cccc(C(F)(F)F)c4)n3)C2)CC1. The molecule has 4 rings (SSSR count). The Morgan fingerprint density at radius 1 is 1.10 bits per heavy atom. The van der Waals surface area contributed by atoms with Crippen molar-refractivity contribution >= 4 is 5.91 Å². The number of aromatic nitrogens is 2. The Morgan fingerprint density at radius 3 is 2.61 bits per heavy atom. The van der Waals surface area contributed by atoms with Gasteiger partial charge in [0.2, 0.25) is 5.91 Å². The number of hydrogen-bond donors (Lipinski definition) is 0. The number of carbonyl (C=O) groups excluding carboxylic acids is 1. The van der Waals surface area contributed by atoms with Crippen LogP contribution in [0.25, 0.3) is 11.3 Å². The second-order valence-electron chi connectivity index (χ2n) is 8.61. The van der Waals surface area contributed by atoms with Gasteiger partial charge in [0.25, 0.3) is 0 Å². The minimum absolute atomic E-state index is 0.0437. The van der Waals surface area contributed by atoms with Crippen molar-refractivity contribution < 1.29 is 18.0 Å². The third-order valence-corrected chi connectivity index (χ3v) is 6.36. The molecule has 0 spiro atoms. The molecule has 31 heavy (non-hydrogen) atoms. The fraction of sp³-hybridized carbons (Fsp3) is 0.522. The number of alkyl halides is 3. The van der Waals surface area contributed by atoms with Crippen molar-refractivity contribution in [2.24, 2.45) is 5.92 Å². The Hall–Kier alpha value is -2.48. The van der Waals surface area contributed by atoms with Gasteiger partial charge in [0, 0.05) is 36.7 Å². The van der Waals surface area contributed by atoms with E-state index in [9.17, 15) is 18.0 Å². The number of rotatable bonds is 3. The van der Waals surface area contributed by atoms with Crippen molar-refractivity contribution in [1.29, 1.82) is 0 Å². The molecule has 2 saturated heterocycles. The second kappa shape index (κ2) is 8.94. The number of amides is 1. The number of likely N-dealkylation sites (tertiary alicyclic amines) is 2. The normalized spacial score (nSPS) is 21.3. The zero-order valence-electron chi connectivity index (χ0n) is 17.6. The molecule has 2 aromatic rings. The van der Waals surface area contributed by atoms with Gasteiger partial charge in [-0.2, -0.15) is 13.2 Å². The Kier molecular flexibility index (Phi) is 6.27. The Morgan fingerprint density at radius 2 is 1.87 bits per heavy atom. The summed E-state index contributed by atoms with van der Waals surface area (Å²) in [7, 11) is 2.08.